The van der Waals surface area contributed by atoms with Crippen molar-refractivity contribution < 1.29 is 9.53 Å². The zero-order chi connectivity index (χ0) is 11.3. The molecule has 2 unspecified atom stereocenters. The van der Waals surface area contributed by atoms with Crippen molar-refractivity contribution in [2.75, 3.05) is 13.1 Å². The Balaban J connectivity index is 2.67. The van der Waals surface area contributed by atoms with E-state index in [-0.39, 0.29) is 18.1 Å². The number of carbonyl (C=O) groups is 1. The first-order valence-electron chi connectivity index (χ1n) is 5.77. The summed E-state index contributed by atoms with van der Waals surface area (Å²) in [6.07, 6.45) is 6.34. The molecule has 1 rings (SSSR count). The molecule has 0 amide bonds. The summed E-state index contributed by atoms with van der Waals surface area (Å²) in [5.41, 5.74) is 0. The minimum atomic E-state index is -0.174. The van der Waals surface area contributed by atoms with Crippen molar-refractivity contribution in [3.63, 3.8) is 0 Å². The van der Waals surface area contributed by atoms with Crippen LogP contribution in [0.15, 0.2) is 12.2 Å². The average Bonchev–Trinajstić information content (AvgIpc) is 2.21. The predicted octanol–water partition coefficient (Wildman–Crippen LogP) is 1.98. The van der Waals surface area contributed by atoms with E-state index in [1.807, 2.05) is 0 Å². The van der Waals surface area contributed by atoms with Gasteiger partial charge >= 0.3 is 5.97 Å². The molecule has 15 heavy (non-hydrogen) atoms. The number of rotatable bonds is 4. The Kier molecular flexibility index (Phi) is 4.82. The van der Waals surface area contributed by atoms with Crippen molar-refractivity contribution in [2.24, 2.45) is 0 Å². The lowest BCUT2D eigenvalue weighted by molar-refractivity contribution is -0.149. The Morgan fingerprint density at radius 1 is 1.47 bits per heavy atom. The maximum Gasteiger partial charge on any atom is 0.302 e. The van der Waals surface area contributed by atoms with Crippen LogP contribution in [0.2, 0.25) is 0 Å². The fourth-order valence-corrected chi connectivity index (χ4v) is 2.13. The van der Waals surface area contributed by atoms with Crippen molar-refractivity contribution >= 4 is 5.97 Å². The maximum atomic E-state index is 11.0. The highest BCUT2D eigenvalue weighted by atomic mass is 16.5. The van der Waals surface area contributed by atoms with Gasteiger partial charge in [-0.2, -0.15) is 0 Å². The number of carbonyl (C=O) groups excluding carboxylic acids is 1. The minimum absolute atomic E-state index is 0.0346. The number of hydrogen-bond donors (Lipinski definition) is 0. The highest BCUT2D eigenvalue weighted by molar-refractivity contribution is 5.66. The molecule has 0 radical (unpaired) electrons. The van der Waals surface area contributed by atoms with Gasteiger partial charge in [0.15, 0.2) is 0 Å². The van der Waals surface area contributed by atoms with Gasteiger partial charge in [0.1, 0.15) is 6.10 Å². The van der Waals surface area contributed by atoms with E-state index in [1.54, 1.807) is 0 Å². The molecule has 0 bridgehead atoms. The van der Waals surface area contributed by atoms with E-state index < -0.39 is 0 Å². The van der Waals surface area contributed by atoms with Crippen LogP contribution in [0.5, 0.6) is 0 Å². The summed E-state index contributed by atoms with van der Waals surface area (Å²) in [7, 11) is 0. The molecule has 0 aliphatic heterocycles. The lowest BCUT2D eigenvalue weighted by Crippen LogP contribution is -2.45. The molecule has 0 saturated heterocycles. The van der Waals surface area contributed by atoms with Gasteiger partial charge in [0, 0.05) is 6.92 Å². The zero-order valence-electron chi connectivity index (χ0n) is 9.90. The van der Waals surface area contributed by atoms with Crippen LogP contribution in [0.1, 0.15) is 33.6 Å². The second kappa shape index (κ2) is 5.91. The van der Waals surface area contributed by atoms with Gasteiger partial charge in [-0.25, -0.2) is 0 Å². The van der Waals surface area contributed by atoms with E-state index in [0.29, 0.717) is 0 Å². The lowest BCUT2D eigenvalue weighted by Gasteiger charge is -2.35. The molecule has 0 heterocycles. The van der Waals surface area contributed by atoms with Crippen molar-refractivity contribution in [1.29, 1.82) is 0 Å². The third kappa shape index (κ3) is 3.34. The summed E-state index contributed by atoms with van der Waals surface area (Å²) in [6.45, 7) is 7.73. The number of likely N-dealkylation sites (N-methyl/N-ethyl adjacent to an activating group) is 1. The predicted molar refractivity (Wildman–Crippen MR) is 60.6 cm³/mol. The van der Waals surface area contributed by atoms with Gasteiger partial charge in [-0.1, -0.05) is 26.0 Å². The van der Waals surface area contributed by atoms with Crippen molar-refractivity contribution in [1.82, 2.24) is 4.90 Å². The summed E-state index contributed by atoms with van der Waals surface area (Å²) in [5, 5.41) is 0. The molecule has 0 aromatic heterocycles. The van der Waals surface area contributed by atoms with Gasteiger partial charge in [-0.15, -0.1) is 0 Å². The van der Waals surface area contributed by atoms with Crippen LogP contribution in [0, 0.1) is 0 Å². The monoisotopic (exact) mass is 211 g/mol. The first-order chi connectivity index (χ1) is 7.19. The van der Waals surface area contributed by atoms with Crippen molar-refractivity contribution in [2.45, 2.75) is 45.8 Å². The highest BCUT2D eigenvalue weighted by Gasteiger charge is 2.27. The van der Waals surface area contributed by atoms with Crippen LogP contribution in [0.4, 0.5) is 0 Å². The highest BCUT2D eigenvalue weighted by Crippen LogP contribution is 2.20. The minimum Gasteiger partial charge on any atom is -0.461 e. The molecule has 0 aromatic rings. The van der Waals surface area contributed by atoms with Gasteiger partial charge in [-0.3, -0.25) is 9.69 Å². The van der Waals surface area contributed by atoms with E-state index in [1.165, 1.54) is 6.92 Å². The Labute approximate surface area is 92.1 Å². The summed E-state index contributed by atoms with van der Waals surface area (Å²) < 4.78 is 5.36. The van der Waals surface area contributed by atoms with Crippen LogP contribution in [0.25, 0.3) is 0 Å². The fourth-order valence-electron chi connectivity index (χ4n) is 2.13. The molecule has 3 nitrogen and oxygen atoms in total. The molecule has 0 aromatic carbocycles. The largest absolute Gasteiger partial charge is 0.461 e. The first-order valence-corrected chi connectivity index (χ1v) is 5.77. The molecule has 0 N–H and O–H groups in total. The summed E-state index contributed by atoms with van der Waals surface area (Å²) in [5.74, 6) is -0.174. The molecular weight excluding hydrogens is 190 g/mol. The summed E-state index contributed by atoms with van der Waals surface area (Å²) >= 11 is 0. The van der Waals surface area contributed by atoms with Crippen LogP contribution < -0.4 is 0 Å². The number of hydrogen-bond acceptors (Lipinski definition) is 3. The summed E-state index contributed by atoms with van der Waals surface area (Å²) in [6, 6.07) is 0.262. The molecule has 1 aliphatic carbocycles. The van der Waals surface area contributed by atoms with Crippen LogP contribution in [-0.4, -0.2) is 36.1 Å². The second-order valence-electron chi connectivity index (χ2n) is 3.87. The quantitative estimate of drug-likeness (QED) is 0.526. The van der Waals surface area contributed by atoms with Gasteiger partial charge in [0.05, 0.1) is 6.04 Å². The zero-order valence-corrected chi connectivity index (χ0v) is 9.90. The van der Waals surface area contributed by atoms with E-state index in [0.717, 1.165) is 25.9 Å². The number of ether oxygens (including phenoxy) is 1. The molecule has 3 heteroatoms. The van der Waals surface area contributed by atoms with Crippen LogP contribution >= 0.6 is 0 Å². The van der Waals surface area contributed by atoms with Crippen molar-refractivity contribution in [3.8, 4) is 0 Å². The number of allylic oxidation sites excluding steroid dienone is 1. The number of esters is 1. The maximum absolute atomic E-state index is 11.0. The van der Waals surface area contributed by atoms with Gasteiger partial charge < -0.3 is 4.74 Å². The normalized spacial score (nSPS) is 25.6. The molecule has 0 fully saturated rings. The Morgan fingerprint density at radius 3 is 2.67 bits per heavy atom. The molecule has 0 spiro atoms. The Bertz CT molecular complexity index is 234. The van der Waals surface area contributed by atoms with E-state index in [4.69, 9.17) is 4.74 Å². The molecule has 86 valence electrons. The topological polar surface area (TPSA) is 29.5 Å². The first kappa shape index (κ1) is 12.2. The van der Waals surface area contributed by atoms with E-state index in [9.17, 15) is 4.79 Å². The van der Waals surface area contributed by atoms with E-state index >= 15 is 0 Å². The third-order valence-electron chi connectivity index (χ3n) is 2.88. The Morgan fingerprint density at radius 2 is 2.13 bits per heavy atom. The number of nitrogens with zero attached hydrogens (tertiary/aromatic N) is 1. The lowest BCUT2D eigenvalue weighted by atomic mass is 9.97. The fraction of sp³-hybridized carbons (Fsp3) is 0.750. The average molecular weight is 211 g/mol. The molecule has 1 aliphatic rings. The molecule has 2 atom stereocenters. The molecule has 0 saturated carbocycles. The van der Waals surface area contributed by atoms with Gasteiger partial charge in [-0.05, 0) is 25.9 Å². The Hall–Kier alpha value is -0.830. The molecular formula is C12H21NO2. The van der Waals surface area contributed by atoms with Crippen LogP contribution in [0.3, 0.4) is 0 Å². The van der Waals surface area contributed by atoms with E-state index in [2.05, 4.69) is 30.9 Å². The van der Waals surface area contributed by atoms with Gasteiger partial charge in [0.2, 0.25) is 0 Å². The standard InChI is InChI=1S/C12H21NO2/c1-4-13(5-2)11-8-6-7-9-12(11)15-10(3)14/h6,8,11-12H,4-5,7,9H2,1-3H3. The third-order valence-corrected chi connectivity index (χ3v) is 2.88. The second-order valence-corrected chi connectivity index (χ2v) is 3.87. The van der Waals surface area contributed by atoms with Crippen molar-refractivity contribution in [3.05, 3.63) is 12.2 Å². The smallest absolute Gasteiger partial charge is 0.302 e. The SMILES string of the molecule is CCN(CC)C1C=CCCC1OC(C)=O. The van der Waals surface area contributed by atoms with Crippen LogP contribution in [-0.2, 0) is 9.53 Å². The van der Waals surface area contributed by atoms with Gasteiger partial charge in [0.25, 0.3) is 0 Å². The summed E-state index contributed by atoms with van der Waals surface area (Å²) in [4.78, 5) is 13.3.